The number of benzene rings is 2. The molecule has 2 bridgehead atoms. The summed E-state index contributed by atoms with van der Waals surface area (Å²) in [7, 11) is -4.54. The lowest BCUT2D eigenvalue weighted by atomic mass is 9.55. The molecular weight excluding hydrogens is 830 g/mol. The largest absolute Gasteiger partial charge is 0.455 e. The van der Waals surface area contributed by atoms with Crippen molar-refractivity contribution in [2.45, 2.75) is 75.5 Å². The van der Waals surface area contributed by atoms with Crippen molar-refractivity contribution in [3.8, 4) is 11.5 Å². The maximum absolute atomic E-state index is 13.9. The van der Waals surface area contributed by atoms with E-state index in [1.54, 1.807) is 41.7 Å². The van der Waals surface area contributed by atoms with E-state index >= 15 is 0 Å². The van der Waals surface area contributed by atoms with Gasteiger partial charge in [0.1, 0.15) is 22.8 Å². The number of pyridine rings is 1. The van der Waals surface area contributed by atoms with Crippen molar-refractivity contribution in [3.63, 3.8) is 0 Å². The molecule has 14 nitrogen and oxygen atoms in total. The summed E-state index contributed by atoms with van der Waals surface area (Å²) in [5.74, 6) is 1.97. The fraction of sp³-hybridized carbons (Fsp3) is 0.522. The first-order valence-corrected chi connectivity index (χ1v) is 23.9. The van der Waals surface area contributed by atoms with Gasteiger partial charge in [-0.25, -0.2) is 18.1 Å². The van der Waals surface area contributed by atoms with Gasteiger partial charge in [0.15, 0.2) is 0 Å². The molecule has 2 aromatic carbocycles. The second kappa shape index (κ2) is 17.5. The van der Waals surface area contributed by atoms with Crippen LogP contribution in [0.5, 0.6) is 11.5 Å². The Morgan fingerprint density at radius 3 is 2.60 bits per heavy atom. The number of rotatable bonds is 13. The van der Waals surface area contributed by atoms with Crippen LogP contribution in [0.4, 0.5) is 17.1 Å². The Morgan fingerprint density at radius 1 is 1.05 bits per heavy atom. The molecule has 2 saturated heterocycles. The van der Waals surface area contributed by atoms with Crippen LogP contribution in [0.2, 0.25) is 0 Å². The number of alkyl halides is 1. The molecule has 0 unspecified atom stereocenters. The highest BCUT2D eigenvalue weighted by Crippen LogP contribution is 2.56. The van der Waals surface area contributed by atoms with Crippen LogP contribution in [-0.4, -0.2) is 92.0 Å². The van der Waals surface area contributed by atoms with Crippen LogP contribution in [0, 0.1) is 39.2 Å². The molecule has 4 aromatic rings. The number of allylic oxidation sites excluding steroid dienone is 1. The van der Waals surface area contributed by atoms with Crippen molar-refractivity contribution in [3.05, 3.63) is 87.7 Å². The number of fused-ring (bicyclic) bond motifs is 3. The lowest BCUT2D eigenvalue weighted by molar-refractivity contribution is -0.384. The van der Waals surface area contributed by atoms with Crippen LogP contribution < -0.4 is 19.7 Å². The standard InChI is InChI=1S/C46H56ClN7O7S/c1-46(2)11-7-31(39(25-46)38-24-40(47)33-19-32(38)20-33)28-52-13-15-53(16-14-52)34-3-5-37(43(22-34)61-35-21-30-8-12-48-44(30)50-27-35)45(55)51-62(58,59)36-4-6-41(42(23-36)54(56)57)49-26-29-9-17-60-18-10-29/h3-6,8,12,21-23,27,29,32-33,38,40,49H,7,9-11,13-20,24-26,28H2,1-2H3,(H,48,50)(H,51,55)/t32?,33?,38-,40+/m1/s1. The predicted octanol–water partition coefficient (Wildman–Crippen LogP) is 8.50. The minimum atomic E-state index is -4.54. The molecule has 0 radical (unpaired) electrons. The van der Waals surface area contributed by atoms with Gasteiger partial charge in [0.25, 0.3) is 21.6 Å². The average molecular weight is 887 g/mol. The molecule has 330 valence electrons. The quantitative estimate of drug-likeness (QED) is 0.0509. The van der Waals surface area contributed by atoms with Crippen molar-refractivity contribution < 1.29 is 27.6 Å². The number of nitro benzene ring substituents is 1. The number of hydrogen-bond acceptors (Lipinski definition) is 11. The van der Waals surface area contributed by atoms with Crippen LogP contribution in [-0.2, 0) is 14.8 Å². The van der Waals surface area contributed by atoms with Gasteiger partial charge >= 0.3 is 0 Å². The molecule has 4 heterocycles. The molecule has 5 fully saturated rings. The number of amides is 1. The maximum atomic E-state index is 13.9. The first-order chi connectivity index (χ1) is 29.8. The number of nitro groups is 1. The molecule has 10 rings (SSSR count). The van der Waals surface area contributed by atoms with Gasteiger partial charge in [0.2, 0.25) is 0 Å². The first kappa shape index (κ1) is 42.6. The van der Waals surface area contributed by atoms with Gasteiger partial charge in [0.05, 0.1) is 21.6 Å². The number of halogens is 1. The molecule has 16 heteroatoms. The second-order valence-corrected chi connectivity index (χ2v) is 21.0. The third-order valence-electron chi connectivity index (χ3n) is 14.0. The summed E-state index contributed by atoms with van der Waals surface area (Å²) >= 11 is 6.88. The Balaban J connectivity index is 0.921. The van der Waals surface area contributed by atoms with Gasteiger partial charge in [-0.3, -0.25) is 19.8 Å². The van der Waals surface area contributed by atoms with Crippen LogP contribution in [0.3, 0.4) is 0 Å². The van der Waals surface area contributed by atoms with Gasteiger partial charge in [0, 0.05) is 87.3 Å². The van der Waals surface area contributed by atoms with Crippen LogP contribution in [0.25, 0.3) is 11.0 Å². The summed E-state index contributed by atoms with van der Waals surface area (Å²) < 4.78 is 41.3. The molecule has 3 N–H and O–H groups in total. The number of H-pyrrole nitrogens is 1. The van der Waals surface area contributed by atoms with Crippen LogP contribution >= 0.6 is 11.6 Å². The van der Waals surface area contributed by atoms with Gasteiger partial charge in [-0.05, 0) is 117 Å². The number of carbonyl (C=O) groups excluding carboxylic acids is 1. The fourth-order valence-corrected chi connectivity index (χ4v) is 11.7. The molecule has 2 atom stereocenters. The molecule has 1 amide bonds. The number of aromatic amines is 1. The normalized spacial score (nSPS) is 24.4. The zero-order valence-electron chi connectivity index (χ0n) is 35.4. The number of nitrogens with zero attached hydrogens (tertiary/aromatic N) is 4. The topological polar surface area (TPSA) is 172 Å². The van der Waals surface area contributed by atoms with E-state index < -0.39 is 31.4 Å². The van der Waals surface area contributed by atoms with Crippen LogP contribution in [0.15, 0.2) is 77.0 Å². The Morgan fingerprint density at radius 2 is 1.84 bits per heavy atom. The van der Waals surface area contributed by atoms with Crippen molar-refractivity contribution >= 4 is 55.6 Å². The predicted molar refractivity (Wildman–Crippen MR) is 240 cm³/mol. The van der Waals surface area contributed by atoms with Crippen molar-refractivity contribution in [2.75, 3.05) is 62.7 Å². The number of ether oxygens (including phenoxy) is 2. The van der Waals surface area contributed by atoms with E-state index in [4.69, 9.17) is 21.1 Å². The van der Waals surface area contributed by atoms with Crippen molar-refractivity contribution in [1.29, 1.82) is 0 Å². The molecule has 62 heavy (non-hydrogen) atoms. The number of sulfonamides is 1. The molecule has 3 saturated carbocycles. The minimum Gasteiger partial charge on any atom is -0.455 e. The Hall–Kier alpha value is -4.70. The molecule has 4 aliphatic carbocycles. The van der Waals surface area contributed by atoms with E-state index in [-0.39, 0.29) is 22.9 Å². The summed E-state index contributed by atoms with van der Waals surface area (Å²) in [6.45, 7) is 10.8. The smallest absolute Gasteiger partial charge is 0.293 e. The highest BCUT2D eigenvalue weighted by Gasteiger charge is 2.48. The SMILES string of the molecule is CC1(C)CCC(CN2CCN(c3ccc(C(=O)NS(=O)(=O)c4ccc(NCC5CCOCC5)c([N+](=O)[O-])c4)c(Oc4cnc5[nH]ccc5c4)c3)CC2)=C([C@@H]2C[C@H](Cl)C3CC2C3)C1. The fourth-order valence-electron chi connectivity index (χ4n) is 10.3. The molecular formula is C46H56ClN7O7S. The van der Waals surface area contributed by atoms with Crippen molar-refractivity contribution in [1.82, 2.24) is 19.6 Å². The molecule has 0 spiro atoms. The minimum absolute atomic E-state index is 0.0197. The van der Waals surface area contributed by atoms with E-state index in [9.17, 15) is 23.3 Å². The lowest BCUT2D eigenvalue weighted by Crippen LogP contribution is -2.48. The van der Waals surface area contributed by atoms with Gasteiger partial charge < -0.3 is 24.7 Å². The lowest BCUT2D eigenvalue weighted by Gasteiger charge is -2.52. The molecule has 2 aliphatic heterocycles. The van der Waals surface area contributed by atoms with E-state index in [0.29, 0.717) is 53.8 Å². The Labute approximate surface area is 368 Å². The number of piperazine rings is 1. The molecule has 6 aliphatic rings. The second-order valence-electron chi connectivity index (χ2n) is 18.8. The van der Waals surface area contributed by atoms with Gasteiger partial charge in [-0.1, -0.05) is 25.0 Å². The Kier molecular flexibility index (Phi) is 12.0. The number of hydrogen-bond donors (Lipinski definition) is 3. The number of nitrogens with one attached hydrogen (secondary N) is 3. The van der Waals surface area contributed by atoms with Gasteiger partial charge in [-0.15, -0.1) is 11.6 Å². The summed E-state index contributed by atoms with van der Waals surface area (Å²) in [6.07, 6.45) is 12.1. The number of aromatic nitrogens is 2. The zero-order chi connectivity index (χ0) is 43.2. The van der Waals surface area contributed by atoms with Crippen molar-refractivity contribution in [2.24, 2.45) is 29.1 Å². The van der Waals surface area contributed by atoms with Gasteiger partial charge in [-0.2, -0.15) is 0 Å². The third kappa shape index (κ3) is 9.18. The number of carbonyl (C=O) groups is 1. The summed E-state index contributed by atoms with van der Waals surface area (Å²) in [5, 5.41) is 16.3. The Bertz CT molecular complexity index is 2470. The van der Waals surface area contributed by atoms with E-state index in [1.165, 1.54) is 31.4 Å². The van der Waals surface area contributed by atoms with E-state index in [0.717, 1.165) is 87.9 Å². The summed E-state index contributed by atoms with van der Waals surface area (Å²) in [6, 6.07) is 12.4. The molecule has 2 aromatic heterocycles. The zero-order valence-corrected chi connectivity index (χ0v) is 37.0. The summed E-state index contributed by atoms with van der Waals surface area (Å²) in [5.41, 5.74) is 4.91. The highest BCUT2D eigenvalue weighted by molar-refractivity contribution is 7.90. The number of anilines is 2. The highest BCUT2D eigenvalue weighted by atomic mass is 35.5. The third-order valence-corrected chi connectivity index (χ3v) is 15.9. The van der Waals surface area contributed by atoms with E-state index in [1.807, 2.05) is 12.1 Å². The monoisotopic (exact) mass is 885 g/mol. The maximum Gasteiger partial charge on any atom is 0.293 e. The van der Waals surface area contributed by atoms with Crippen LogP contribution in [0.1, 0.15) is 75.6 Å². The van der Waals surface area contributed by atoms with E-state index in [2.05, 4.69) is 43.7 Å². The summed E-state index contributed by atoms with van der Waals surface area (Å²) in [4.78, 5) is 37.3. The average Bonchev–Trinajstić information content (AvgIpc) is 3.71. The first-order valence-electron chi connectivity index (χ1n) is 22.0.